The van der Waals surface area contributed by atoms with Gasteiger partial charge in [-0.2, -0.15) is 5.10 Å². The van der Waals surface area contributed by atoms with Gasteiger partial charge in [0.2, 0.25) is 0 Å². The summed E-state index contributed by atoms with van der Waals surface area (Å²) in [5, 5.41) is 12.5. The standard InChI is InChI=1S/C23H33ClN6O/c1-3-20-28-21-10-9-17(15-30(21)29-20)27-22(25-4-2)26-16-23(11-13-31-14-12-23)18-7-5-6-8-19(18)24/h5-8,17H,3-4,9-16H2,1-2H3,(H2,25,26,27). The number of aryl methyl sites for hydroxylation is 2. The van der Waals surface area contributed by atoms with E-state index in [2.05, 4.69) is 46.7 Å². The number of benzene rings is 1. The van der Waals surface area contributed by atoms with Crippen LogP contribution in [0.25, 0.3) is 0 Å². The molecule has 0 radical (unpaired) electrons. The van der Waals surface area contributed by atoms with Gasteiger partial charge in [0.05, 0.1) is 13.1 Å². The molecule has 2 aliphatic heterocycles. The number of nitrogens with one attached hydrogen (secondary N) is 2. The van der Waals surface area contributed by atoms with Gasteiger partial charge in [0, 0.05) is 49.1 Å². The van der Waals surface area contributed by atoms with Crippen molar-refractivity contribution in [2.75, 3.05) is 26.3 Å². The number of rotatable bonds is 6. The first-order valence-corrected chi connectivity index (χ1v) is 11.8. The van der Waals surface area contributed by atoms with E-state index in [9.17, 15) is 0 Å². The van der Waals surface area contributed by atoms with Crippen LogP contribution < -0.4 is 10.6 Å². The van der Waals surface area contributed by atoms with E-state index in [0.717, 1.165) is 81.0 Å². The summed E-state index contributed by atoms with van der Waals surface area (Å²) in [4.78, 5) is 9.65. The minimum Gasteiger partial charge on any atom is -0.381 e. The summed E-state index contributed by atoms with van der Waals surface area (Å²) in [6.45, 7) is 7.98. The van der Waals surface area contributed by atoms with Crippen molar-refractivity contribution in [1.82, 2.24) is 25.4 Å². The number of aliphatic imine (C=N–C) groups is 1. The molecular weight excluding hydrogens is 412 g/mol. The fourth-order valence-electron chi connectivity index (χ4n) is 4.54. The average molecular weight is 445 g/mol. The summed E-state index contributed by atoms with van der Waals surface area (Å²) in [6, 6.07) is 8.45. The number of halogens is 1. The zero-order valence-electron chi connectivity index (χ0n) is 18.5. The van der Waals surface area contributed by atoms with Gasteiger partial charge in [0.1, 0.15) is 5.82 Å². The van der Waals surface area contributed by atoms with E-state index in [1.54, 1.807) is 0 Å². The van der Waals surface area contributed by atoms with Crippen molar-refractivity contribution in [3.05, 3.63) is 46.5 Å². The summed E-state index contributed by atoms with van der Waals surface area (Å²) >= 11 is 6.60. The largest absolute Gasteiger partial charge is 0.381 e. The first-order chi connectivity index (χ1) is 15.1. The topological polar surface area (TPSA) is 76.4 Å². The number of ether oxygens (including phenoxy) is 1. The summed E-state index contributed by atoms with van der Waals surface area (Å²) in [5.41, 5.74) is 1.08. The Morgan fingerprint density at radius 2 is 2.10 bits per heavy atom. The SMILES string of the molecule is CCNC(=NCC1(c2ccccc2Cl)CCOCC1)NC1CCc2nc(CC)nn2C1. The van der Waals surface area contributed by atoms with Crippen LogP contribution in [0.4, 0.5) is 0 Å². The number of hydrogen-bond donors (Lipinski definition) is 2. The van der Waals surface area contributed by atoms with Crippen LogP contribution in [0.3, 0.4) is 0 Å². The molecule has 2 N–H and O–H groups in total. The number of hydrogen-bond acceptors (Lipinski definition) is 4. The predicted molar refractivity (Wildman–Crippen MR) is 124 cm³/mol. The molecule has 4 rings (SSSR count). The maximum absolute atomic E-state index is 6.60. The summed E-state index contributed by atoms with van der Waals surface area (Å²) < 4.78 is 7.72. The van der Waals surface area contributed by atoms with E-state index in [1.807, 2.05) is 16.8 Å². The Labute approximate surface area is 189 Å². The van der Waals surface area contributed by atoms with E-state index in [1.165, 1.54) is 5.56 Å². The molecule has 1 fully saturated rings. The van der Waals surface area contributed by atoms with Crippen LogP contribution in [0.2, 0.25) is 5.02 Å². The lowest BCUT2D eigenvalue weighted by molar-refractivity contribution is 0.0531. The van der Waals surface area contributed by atoms with Gasteiger partial charge in [-0.25, -0.2) is 9.67 Å². The molecule has 8 heteroatoms. The van der Waals surface area contributed by atoms with Crippen molar-refractivity contribution in [3.8, 4) is 0 Å². The molecule has 3 heterocycles. The monoisotopic (exact) mass is 444 g/mol. The zero-order valence-corrected chi connectivity index (χ0v) is 19.3. The fourth-order valence-corrected chi connectivity index (χ4v) is 4.87. The van der Waals surface area contributed by atoms with Crippen LogP contribution in [0.5, 0.6) is 0 Å². The summed E-state index contributed by atoms with van der Waals surface area (Å²) in [5.74, 6) is 2.87. The van der Waals surface area contributed by atoms with Gasteiger partial charge in [0.15, 0.2) is 11.8 Å². The lowest BCUT2D eigenvalue weighted by Crippen LogP contribution is -2.48. The van der Waals surface area contributed by atoms with Crippen LogP contribution in [0.15, 0.2) is 29.3 Å². The summed E-state index contributed by atoms with van der Waals surface area (Å²) in [7, 11) is 0. The van der Waals surface area contributed by atoms with Crippen LogP contribution in [-0.2, 0) is 29.5 Å². The molecule has 168 valence electrons. The molecule has 0 amide bonds. The Bertz CT molecular complexity index is 905. The third-order valence-electron chi connectivity index (χ3n) is 6.34. The van der Waals surface area contributed by atoms with Gasteiger partial charge < -0.3 is 15.4 Å². The second-order valence-corrected chi connectivity index (χ2v) is 8.83. The van der Waals surface area contributed by atoms with Crippen molar-refractivity contribution < 1.29 is 4.74 Å². The van der Waals surface area contributed by atoms with Crippen molar-refractivity contribution in [2.24, 2.45) is 4.99 Å². The molecule has 7 nitrogen and oxygen atoms in total. The van der Waals surface area contributed by atoms with E-state index in [0.29, 0.717) is 6.54 Å². The third-order valence-corrected chi connectivity index (χ3v) is 6.67. The van der Waals surface area contributed by atoms with Crippen LogP contribution in [-0.4, -0.2) is 53.1 Å². The minimum absolute atomic E-state index is 0.0966. The molecule has 1 aromatic carbocycles. The maximum atomic E-state index is 6.60. The highest BCUT2D eigenvalue weighted by atomic mass is 35.5. The quantitative estimate of drug-likeness (QED) is 0.528. The third kappa shape index (κ3) is 5.04. The zero-order chi connectivity index (χ0) is 21.7. The first kappa shape index (κ1) is 22.1. The molecular formula is C23H33ClN6O. The molecule has 1 atom stereocenters. The molecule has 0 aliphatic carbocycles. The van der Waals surface area contributed by atoms with E-state index in [-0.39, 0.29) is 11.5 Å². The lowest BCUT2D eigenvalue weighted by atomic mass is 9.74. The summed E-state index contributed by atoms with van der Waals surface area (Å²) in [6.07, 6.45) is 4.67. The highest BCUT2D eigenvalue weighted by Gasteiger charge is 2.36. The Balaban J connectivity index is 1.50. The van der Waals surface area contributed by atoms with Crippen molar-refractivity contribution >= 4 is 17.6 Å². The van der Waals surface area contributed by atoms with Crippen molar-refractivity contribution in [3.63, 3.8) is 0 Å². The van der Waals surface area contributed by atoms with Gasteiger partial charge >= 0.3 is 0 Å². The number of guanidine groups is 1. The normalized spacial score (nSPS) is 20.9. The maximum Gasteiger partial charge on any atom is 0.191 e. The molecule has 2 aliphatic rings. The fraction of sp³-hybridized carbons (Fsp3) is 0.609. The van der Waals surface area contributed by atoms with Crippen molar-refractivity contribution in [1.29, 1.82) is 0 Å². The Morgan fingerprint density at radius 3 is 2.84 bits per heavy atom. The molecule has 1 saturated heterocycles. The molecule has 0 saturated carbocycles. The average Bonchev–Trinajstić information content (AvgIpc) is 3.21. The van der Waals surface area contributed by atoms with Crippen LogP contribution in [0.1, 0.15) is 50.3 Å². The van der Waals surface area contributed by atoms with Crippen LogP contribution >= 0.6 is 11.6 Å². The molecule has 0 bridgehead atoms. The van der Waals surface area contributed by atoms with Gasteiger partial charge in [-0.1, -0.05) is 36.7 Å². The van der Waals surface area contributed by atoms with E-state index in [4.69, 9.17) is 21.3 Å². The molecule has 1 aromatic heterocycles. The van der Waals surface area contributed by atoms with E-state index < -0.39 is 0 Å². The lowest BCUT2D eigenvalue weighted by Gasteiger charge is -2.37. The first-order valence-electron chi connectivity index (χ1n) is 11.4. The minimum atomic E-state index is -0.0966. The highest BCUT2D eigenvalue weighted by molar-refractivity contribution is 6.31. The molecule has 0 spiro atoms. The van der Waals surface area contributed by atoms with E-state index >= 15 is 0 Å². The second kappa shape index (κ2) is 10.0. The Kier molecular flexibility index (Phi) is 7.13. The van der Waals surface area contributed by atoms with Gasteiger partial charge in [0.25, 0.3) is 0 Å². The predicted octanol–water partition coefficient (Wildman–Crippen LogP) is 3.11. The Morgan fingerprint density at radius 1 is 1.29 bits per heavy atom. The number of nitrogens with zero attached hydrogens (tertiary/aromatic N) is 4. The van der Waals surface area contributed by atoms with Gasteiger partial charge in [-0.3, -0.25) is 4.99 Å². The molecule has 1 unspecified atom stereocenters. The smallest absolute Gasteiger partial charge is 0.191 e. The van der Waals surface area contributed by atoms with Crippen LogP contribution in [0, 0.1) is 0 Å². The van der Waals surface area contributed by atoms with Gasteiger partial charge in [-0.05, 0) is 37.8 Å². The number of fused-ring (bicyclic) bond motifs is 1. The number of aromatic nitrogens is 3. The van der Waals surface area contributed by atoms with Gasteiger partial charge in [-0.15, -0.1) is 0 Å². The van der Waals surface area contributed by atoms with Crippen molar-refractivity contribution in [2.45, 2.75) is 64.0 Å². The second-order valence-electron chi connectivity index (χ2n) is 8.43. The Hall–Kier alpha value is -2.12. The molecule has 2 aromatic rings. The molecule has 31 heavy (non-hydrogen) atoms. The highest BCUT2D eigenvalue weighted by Crippen LogP contribution is 2.38.